The van der Waals surface area contributed by atoms with Gasteiger partial charge < -0.3 is 14.4 Å². The van der Waals surface area contributed by atoms with E-state index in [0.29, 0.717) is 9.87 Å². The SMILES string of the molecule is CC(=O)S[C@H]1CC(CN(C(=O)OC(C)(C)C)S(N)(=O)=O)N(C(=O)OCc2ccc([N+](=O)[O-])cc2)C1. The zero-order valence-corrected chi connectivity index (χ0v) is 21.3. The van der Waals surface area contributed by atoms with E-state index in [1.54, 1.807) is 20.8 Å². The molecular formula is C20H28N4O9S2. The van der Waals surface area contributed by atoms with E-state index in [9.17, 15) is 32.9 Å². The zero-order valence-electron chi connectivity index (χ0n) is 19.7. The first-order valence-corrected chi connectivity index (χ1v) is 12.8. The Hall–Kier alpha value is -2.91. The van der Waals surface area contributed by atoms with Crippen molar-refractivity contribution in [3.05, 3.63) is 39.9 Å². The molecule has 0 radical (unpaired) electrons. The topological polar surface area (TPSA) is 179 Å². The predicted octanol–water partition coefficient (Wildman–Crippen LogP) is 2.39. The van der Waals surface area contributed by atoms with Crippen LogP contribution in [-0.4, -0.2) is 69.8 Å². The monoisotopic (exact) mass is 532 g/mol. The number of amides is 2. The standard InChI is InChI=1S/C20H28N4O9S2/c1-13(25)34-17-9-16(10-23(35(21,30)31)19(27)33-20(2,3)4)22(11-17)18(26)32-12-14-5-7-15(8-6-14)24(28)29/h5-8,16-17H,9-12H2,1-4H3,(H2,21,30,31)/t16?,17-/m0/s1. The molecule has 0 saturated carbocycles. The normalized spacial score (nSPS) is 18.1. The molecule has 35 heavy (non-hydrogen) atoms. The van der Waals surface area contributed by atoms with E-state index >= 15 is 0 Å². The lowest BCUT2D eigenvalue weighted by Crippen LogP contribution is -2.50. The molecule has 0 aromatic heterocycles. The van der Waals surface area contributed by atoms with E-state index in [4.69, 9.17) is 14.6 Å². The maximum Gasteiger partial charge on any atom is 0.425 e. The van der Waals surface area contributed by atoms with Crippen molar-refractivity contribution in [2.45, 2.75) is 57.6 Å². The molecule has 1 fully saturated rings. The summed E-state index contributed by atoms with van der Waals surface area (Å²) >= 11 is 0.991. The maximum atomic E-state index is 12.9. The van der Waals surface area contributed by atoms with Crippen LogP contribution in [0, 0.1) is 10.1 Å². The summed E-state index contributed by atoms with van der Waals surface area (Å²) in [6, 6.07) is 4.58. The highest BCUT2D eigenvalue weighted by atomic mass is 32.2. The first-order valence-electron chi connectivity index (χ1n) is 10.4. The fourth-order valence-electron chi connectivity index (χ4n) is 3.32. The summed E-state index contributed by atoms with van der Waals surface area (Å²) in [5, 5.41) is 15.5. The smallest absolute Gasteiger partial charge is 0.425 e. The number of carbonyl (C=O) groups is 3. The first kappa shape index (κ1) is 28.3. The summed E-state index contributed by atoms with van der Waals surface area (Å²) < 4.78 is 35.1. The second-order valence-corrected chi connectivity index (χ2v) is 11.8. The van der Waals surface area contributed by atoms with E-state index in [1.807, 2.05) is 0 Å². The molecule has 1 aromatic carbocycles. The number of nitro benzene ring substituents is 1. The summed E-state index contributed by atoms with van der Waals surface area (Å²) in [6.07, 6.45) is -1.80. The number of carbonyl (C=O) groups excluding carboxylic acids is 3. The van der Waals surface area contributed by atoms with Crippen molar-refractivity contribution < 1.29 is 37.2 Å². The second kappa shape index (κ2) is 11.2. The third kappa shape index (κ3) is 8.67. The molecule has 1 unspecified atom stereocenters. The predicted molar refractivity (Wildman–Crippen MR) is 126 cm³/mol. The fraction of sp³-hybridized carbons (Fsp3) is 0.550. The minimum absolute atomic E-state index is 0.0702. The van der Waals surface area contributed by atoms with Crippen LogP contribution >= 0.6 is 11.8 Å². The highest BCUT2D eigenvalue weighted by Gasteiger charge is 2.41. The van der Waals surface area contributed by atoms with E-state index in [-0.39, 0.29) is 35.6 Å². The minimum atomic E-state index is -4.53. The molecule has 1 heterocycles. The summed E-state index contributed by atoms with van der Waals surface area (Å²) in [5.74, 6) is 0. The van der Waals surface area contributed by atoms with Crippen molar-refractivity contribution in [1.82, 2.24) is 9.21 Å². The van der Waals surface area contributed by atoms with E-state index in [1.165, 1.54) is 36.1 Å². The largest absolute Gasteiger partial charge is 0.445 e. The lowest BCUT2D eigenvalue weighted by Gasteiger charge is -2.30. The Morgan fingerprint density at radius 1 is 1.26 bits per heavy atom. The second-order valence-electron chi connectivity index (χ2n) is 8.81. The molecule has 1 saturated heterocycles. The lowest BCUT2D eigenvalue weighted by atomic mass is 10.2. The van der Waals surface area contributed by atoms with Crippen LogP contribution in [0.3, 0.4) is 0 Å². The van der Waals surface area contributed by atoms with Gasteiger partial charge in [-0.15, -0.1) is 0 Å². The number of hydrogen-bond acceptors (Lipinski definition) is 10. The van der Waals surface area contributed by atoms with E-state index in [2.05, 4.69) is 0 Å². The number of thioether (sulfide) groups is 1. The Balaban J connectivity index is 2.19. The fourth-order valence-corrected chi connectivity index (χ4v) is 4.97. The van der Waals surface area contributed by atoms with Crippen molar-refractivity contribution in [3.8, 4) is 0 Å². The highest BCUT2D eigenvalue weighted by Crippen LogP contribution is 2.30. The molecule has 15 heteroatoms. The van der Waals surface area contributed by atoms with Gasteiger partial charge in [0.1, 0.15) is 12.2 Å². The highest BCUT2D eigenvalue weighted by molar-refractivity contribution is 8.14. The Morgan fingerprint density at radius 3 is 2.34 bits per heavy atom. The molecule has 194 valence electrons. The van der Waals surface area contributed by atoms with Gasteiger partial charge in [0.05, 0.1) is 17.5 Å². The van der Waals surface area contributed by atoms with Crippen LogP contribution in [0.5, 0.6) is 0 Å². The summed E-state index contributed by atoms with van der Waals surface area (Å²) in [7, 11) is -4.53. The van der Waals surface area contributed by atoms with Crippen LogP contribution in [0.2, 0.25) is 0 Å². The van der Waals surface area contributed by atoms with Gasteiger partial charge in [-0.3, -0.25) is 14.9 Å². The average Bonchev–Trinajstić information content (AvgIpc) is 3.10. The molecule has 1 aliphatic rings. The van der Waals surface area contributed by atoms with Crippen LogP contribution in [-0.2, 0) is 31.1 Å². The number of likely N-dealkylation sites (tertiary alicyclic amines) is 1. The number of nitrogens with two attached hydrogens (primary N) is 1. The first-order chi connectivity index (χ1) is 16.1. The van der Waals surface area contributed by atoms with Crippen LogP contribution < -0.4 is 5.14 Å². The molecule has 13 nitrogen and oxygen atoms in total. The Bertz CT molecular complexity index is 1070. The van der Waals surface area contributed by atoms with Crippen molar-refractivity contribution in [2.75, 3.05) is 13.1 Å². The average molecular weight is 533 g/mol. The van der Waals surface area contributed by atoms with Gasteiger partial charge >= 0.3 is 22.4 Å². The Kier molecular flexibility index (Phi) is 9.08. The molecule has 0 spiro atoms. The molecule has 0 aliphatic carbocycles. The number of nitrogens with zero attached hydrogens (tertiary/aromatic N) is 3. The maximum absolute atomic E-state index is 12.9. The summed E-state index contributed by atoms with van der Waals surface area (Å²) in [5.41, 5.74) is -0.616. The summed E-state index contributed by atoms with van der Waals surface area (Å²) in [6.45, 7) is 5.42. The minimum Gasteiger partial charge on any atom is -0.445 e. The molecule has 2 atom stereocenters. The van der Waals surface area contributed by atoms with Gasteiger partial charge in [0.2, 0.25) is 0 Å². The molecule has 1 aromatic rings. The molecule has 2 amide bonds. The number of non-ortho nitro benzene ring substituents is 1. The van der Waals surface area contributed by atoms with E-state index < -0.39 is 45.5 Å². The molecule has 1 aliphatic heterocycles. The Morgan fingerprint density at radius 2 is 1.86 bits per heavy atom. The molecule has 2 N–H and O–H groups in total. The molecule has 2 rings (SSSR count). The van der Waals surface area contributed by atoms with Crippen molar-refractivity contribution in [1.29, 1.82) is 0 Å². The molecular weight excluding hydrogens is 504 g/mol. The summed E-state index contributed by atoms with van der Waals surface area (Å²) in [4.78, 5) is 48.4. The van der Waals surface area contributed by atoms with Crippen LogP contribution in [0.15, 0.2) is 24.3 Å². The third-order valence-corrected chi connectivity index (χ3v) is 6.65. The van der Waals surface area contributed by atoms with Gasteiger partial charge in [0.25, 0.3) is 5.69 Å². The Labute approximate surface area is 207 Å². The number of ether oxygens (including phenoxy) is 2. The van der Waals surface area contributed by atoms with E-state index in [0.717, 1.165) is 11.8 Å². The van der Waals surface area contributed by atoms with Crippen molar-refractivity contribution in [3.63, 3.8) is 0 Å². The lowest BCUT2D eigenvalue weighted by molar-refractivity contribution is -0.384. The third-order valence-electron chi connectivity index (χ3n) is 4.73. The van der Waals surface area contributed by atoms with Gasteiger partial charge in [-0.05, 0) is 44.9 Å². The van der Waals surface area contributed by atoms with Gasteiger partial charge in [-0.1, -0.05) is 11.8 Å². The van der Waals surface area contributed by atoms with Crippen molar-refractivity contribution >= 4 is 45.0 Å². The van der Waals surface area contributed by atoms with Crippen LogP contribution in [0.25, 0.3) is 0 Å². The van der Waals surface area contributed by atoms with Crippen molar-refractivity contribution in [2.24, 2.45) is 5.14 Å². The van der Waals surface area contributed by atoms with Gasteiger partial charge in [0, 0.05) is 30.9 Å². The quantitative estimate of drug-likeness (QED) is 0.404. The van der Waals surface area contributed by atoms with Gasteiger partial charge in [0.15, 0.2) is 5.12 Å². The number of rotatable bonds is 7. The van der Waals surface area contributed by atoms with Crippen LogP contribution in [0.1, 0.15) is 39.7 Å². The zero-order chi connectivity index (χ0) is 26.6. The number of hydrogen-bond donors (Lipinski definition) is 1. The molecule has 0 bridgehead atoms. The number of benzene rings is 1. The van der Waals surface area contributed by atoms with Gasteiger partial charge in [-0.25, -0.2) is 14.7 Å². The van der Waals surface area contributed by atoms with Gasteiger partial charge in [-0.2, -0.15) is 12.7 Å². The number of nitro groups is 1. The van der Waals surface area contributed by atoms with Crippen LogP contribution in [0.4, 0.5) is 15.3 Å².